The molecule has 15 heavy (non-hydrogen) atoms. The van der Waals surface area contributed by atoms with E-state index in [-0.39, 0.29) is 5.25 Å². The van der Waals surface area contributed by atoms with Crippen LogP contribution in [-0.2, 0) is 13.3 Å². The smallest absolute Gasteiger partial charge is 0.374 e. The number of rotatable bonds is 9. The van der Waals surface area contributed by atoms with Crippen molar-refractivity contribution in [3.05, 3.63) is 0 Å². The Morgan fingerprint density at radius 2 is 1.40 bits per heavy atom. The Bertz CT molecular complexity index is 143. The van der Waals surface area contributed by atoms with Crippen molar-refractivity contribution in [2.45, 2.75) is 32.1 Å². The van der Waals surface area contributed by atoms with Crippen molar-refractivity contribution < 1.29 is 13.3 Å². The molecule has 1 atom stereocenters. The third-order valence-electron chi connectivity index (χ3n) is 1.79. The average molecular weight is 270 g/mol. The second kappa shape index (κ2) is 8.89. The van der Waals surface area contributed by atoms with Crippen molar-refractivity contribution in [3.8, 4) is 0 Å². The highest BCUT2D eigenvalue weighted by Crippen LogP contribution is 2.21. The van der Waals surface area contributed by atoms with E-state index in [4.69, 9.17) is 13.3 Å². The van der Waals surface area contributed by atoms with Gasteiger partial charge in [0.25, 0.3) is 0 Å². The van der Waals surface area contributed by atoms with Crippen molar-refractivity contribution in [3.63, 3.8) is 0 Å². The summed E-state index contributed by atoms with van der Waals surface area (Å²) in [6.07, 6.45) is 0. The van der Waals surface area contributed by atoms with Crippen LogP contribution < -0.4 is 0 Å². The topological polar surface area (TPSA) is 27.7 Å². The molecule has 0 aromatic rings. The maximum Gasteiger partial charge on any atom is 0.502 e. The first-order valence-electron chi connectivity index (χ1n) is 5.34. The molecule has 0 fully saturated rings. The van der Waals surface area contributed by atoms with E-state index in [1.807, 2.05) is 20.8 Å². The molecular weight excluding hydrogens is 248 g/mol. The third kappa shape index (κ3) is 6.18. The molecule has 0 aliphatic rings. The standard InChI is InChI=1S/C9H22O3S2Si/c1-4-10-15(11-5-2,12-6-3)8-9(14)7-13/h9,13-14H,4-8H2,1-3H3. The molecule has 0 radical (unpaired) electrons. The maximum atomic E-state index is 5.69. The molecule has 0 N–H and O–H groups in total. The van der Waals surface area contributed by atoms with Gasteiger partial charge in [-0.05, 0) is 20.8 Å². The molecule has 0 aliphatic heterocycles. The van der Waals surface area contributed by atoms with Crippen molar-refractivity contribution >= 4 is 34.1 Å². The van der Waals surface area contributed by atoms with Gasteiger partial charge in [0.15, 0.2) is 0 Å². The van der Waals surface area contributed by atoms with E-state index < -0.39 is 8.80 Å². The molecule has 1 unspecified atom stereocenters. The monoisotopic (exact) mass is 270 g/mol. The minimum Gasteiger partial charge on any atom is -0.374 e. The van der Waals surface area contributed by atoms with Crippen LogP contribution >= 0.6 is 25.3 Å². The van der Waals surface area contributed by atoms with Gasteiger partial charge in [0.1, 0.15) is 0 Å². The summed E-state index contributed by atoms with van der Waals surface area (Å²) < 4.78 is 17.1. The molecule has 0 spiro atoms. The van der Waals surface area contributed by atoms with Crippen molar-refractivity contribution in [1.82, 2.24) is 0 Å². The van der Waals surface area contributed by atoms with E-state index in [2.05, 4.69) is 25.3 Å². The van der Waals surface area contributed by atoms with Crippen LogP contribution in [0.1, 0.15) is 20.8 Å². The van der Waals surface area contributed by atoms with Gasteiger partial charge >= 0.3 is 8.80 Å². The minimum atomic E-state index is -2.50. The van der Waals surface area contributed by atoms with Gasteiger partial charge in [0.05, 0.1) is 0 Å². The predicted octanol–water partition coefficient (Wildman–Crippen LogP) is 2.26. The lowest BCUT2D eigenvalue weighted by atomic mass is 10.5. The van der Waals surface area contributed by atoms with Crippen molar-refractivity contribution in [1.29, 1.82) is 0 Å². The summed E-state index contributed by atoms with van der Waals surface area (Å²) in [7, 11) is -2.50. The first kappa shape index (κ1) is 15.8. The summed E-state index contributed by atoms with van der Waals surface area (Å²) in [5.74, 6) is 0.699. The van der Waals surface area contributed by atoms with Crippen molar-refractivity contribution in [2.24, 2.45) is 0 Å². The van der Waals surface area contributed by atoms with Crippen LogP contribution in [0.5, 0.6) is 0 Å². The lowest BCUT2D eigenvalue weighted by molar-refractivity contribution is 0.0716. The first-order chi connectivity index (χ1) is 7.14. The normalized spacial score (nSPS) is 14.2. The molecule has 0 heterocycles. The molecule has 0 saturated heterocycles. The molecule has 0 aliphatic carbocycles. The summed E-state index contributed by atoms with van der Waals surface area (Å²) in [6, 6.07) is 0.717. The zero-order valence-corrected chi connectivity index (χ0v) is 12.5. The Kier molecular flexibility index (Phi) is 9.37. The Hall–Kier alpha value is 0.797. The fraction of sp³-hybridized carbons (Fsp3) is 1.00. The van der Waals surface area contributed by atoms with Gasteiger partial charge in [0, 0.05) is 36.9 Å². The highest BCUT2D eigenvalue weighted by Gasteiger charge is 2.41. The van der Waals surface area contributed by atoms with Crippen LogP contribution in [0.3, 0.4) is 0 Å². The second-order valence-electron chi connectivity index (χ2n) is 3.02. The molecule has 0 aromatic heterocycles. The molecule has 0 bridgehead atoms. The zero-order chi connectivity index (χ0) is 11.7. The Morgan fingerprint density at radius 1 is 1.00 bits per heavy atom. The minimum absolute atomic E-state index is 0.157. The molecule has 6 heteroatoms. The Balaban J connectivity index is 4.44. The van der Waals surface area contributed by atoms with Gasteiger partial charge in [-0.3, -0.25) is 0 Å². The summed E-state index contributed by atoms with van der Waals surface area (Å²) in [5, 5.41) is 0.157. The van der Waals surface area contributed by atoms with E-state index in [1.54, 1.807) is 0 Å². The molecule has 0 aromatic carbocycles. The van der Waals surface area contributed by atoms with Gasteiger partial charge in [0.2, 0.25) is 0 Å². The van der Waals surface area contributed by atoms with E-state index in [0.717, 1.165) is 6.04 Å². The number of hydrogen-bond acceptors (Lipinski definition) is 5. The molecular formula is C9H22O3S2Si. The largest absolute Gasteiger partial charge is 0.502 e. The lowest BCUT2D eigenvalue weighted by Gasteiger charge is -2.29. The SMILES string of the molecule is CCO[Si](CC(S)CS)(OCC)OCC. The molecule has 0 rings (SSSR count). The number of hydrogen-bond donors (Lipinski definition) is 2. The van der Waals surface area contributed by atoms with Crippen molar-refractivity contribution in [2.75, 3.05) is 25.6 Å². The van der Waals surface area contributed by atoms with E-state index >= 15 is 0 Å². The highest BCUT2D eigenvalue weighted by atomic mass is 32.1. The summed E-state index contributed by atoms with van der Waals surface area (Å²) in [6.45, 7) is 7.69. The lowest BCUT2D eigenvalue weighted by Crippen LogP contribution is -2.48. The van der Waals surface area contributed by atoms with Crippen LogP contribution in [0, 0.1) is 0 Å². The van der Waals surface area contributed by atoms with Gasteiger partial charge in [-0.25, -0.2) is 0 Å². The third-order valence-corrected chi connectivity index (χ3v) is 6.40. The average Bonchev–Trinajstić information content (AvgIpc) is 2.18. The fourth-order valence-corrected chi connectivity index (χ4v) is 5.00. The van der Waals surface area contributed by atoms with Crippen LogP contribution in [-0.4, -0.2) is 39.6 Å². The summed E-state index contributed by atoms with van der Waals surface area (Å²) in [5.41, 5.74) is 0. The maximum absolute atomic E-state index is 5.69. The Morgan fingerprint density at radius 3 is 1.67 bits per heavy atom. The van der Waals surface area contributed by atoms with Gasteiger partial charge < -0.3 is 13.3 Å². The Labute approximate surface area is 105 Å². The zero-order valence-electron chi connectivity index (χ0n) is 9.73. The second-order valence-corrected chi connectivity index (χ2v) is 6.76. The van der Waals surface area contributed by atoms with Gasteiger partial charge in [-0.2, -0.15) is 25.3 Å². The number of thiol groups is 2. The molecule has 3 nitrogen and oxygen atoms in total. The fourth-order valence-electron chi connectivity index (χ4n) is 1.31. The van der Waals surface area contributed by atoms with Gasteiger partial charge in [-0.15, -0.1) is 0 Å². The molecule has 0 saturated carbocycles. The predicted molar refractivity (Wildman–Crippen MR) is 72.1 cm³/mol. The molecule has 0 amide bonds. The van der Waals surface area contributed by atoms with Crippen LogP contribution in [0.25, 0.3) is 0 Å². The first-order valence-corrected chi connectivity index (χ1v) is 8.42. The van der Waals surface area contributed by atoms with E-state index in [1.165, 1.54) is 0 Å². The highest BCUT2D eigenvalue weighted by molar-refractivity contribution is 7.84. The molecule has 92 valence electrons. The quantitative estimate of drug-likeness (QED) is 0.497. The van der Waals surface area contributed by atoms with E-state index in [0.29, 0.717) is 25.6 Å². The summed E-state index contributed by atoms with van der Waals surface area (Å²) >= 11 is 8.63. The van der Waals surface area contributed by atoms with Gasteiger partial charge in [-0.1, -0.05) is 0 Å². The van der Waals surface area contributed by atoms with Crippen LogP contribution in [0.15, 0.2) is 0 Å². The van der Waals surface area contributed by atoms with E-state index in [9.17, 15) is 0 Å². The van der Waals surface area contributed by atoms with Crippen LogP contribution in [0.2, 0.25) is 6.04 Å². The van der Waals surface area contributed by atoms with Crippen LogP contribution in [0.4, 0.5) is 0 Å². The summed E-state index contributed by atoms with van der Waals surface area (Å²) in [4.78, 5) is 0.